The van der Waals surface area contributed by atoms with E-state index in [2.05, 4.69) is 16.3 Å². The zero-order valence-corrected chi connectivity index (χ0v) is 18.2. The lowest BCUT2D eigenvalue weighted by Gasteiger charge is -2.17. The first-order chi connectivity index (χ1) is 13.9. The van der Waals surface area contributed by atoms with Gasteiger partial charge in [-0.2, -0.15) is 0 Å². The SMILES string of the molecule is Cc1cccc(-c2nnc(SCC(=O)N(C)CCOc3ccc(Cl)cc3)n2C)c1. The second kappa shape index (κ2) is 9.80. The topological polar surface area (TPSA) is 60.3 Å². The number of carbonyl (C=O) groups excluding carboxylic acids is 1. The standard InChI is InChI=1S/C21H23ClN4O2S/c1-15-5-4-6-16(13-15)20-23-24-21(26(20)3)29-14-19(27)25(2)11-12-28-18-9-7-17(22)8-10-18/h4-10,13H,11-12,14H2,1-3H3. The van der Waals surface area contributed by atoms with Gasteiger partial charge in [-0.3, -0.25) is 4.79 Å². The number of nitrogens with zero attached hydrogens (tertiary/aromatic N) is 4. The maximum Gasteiger partial charge on any atom is 0.232 e. The molecule has 1 heterocycles. The Morgan fingerprint density at radius 3 is 2.69 bits per heavy atom. The fourth-order valence-corrected chi connectivity index (χ4v) is 3.65. The number of likely N-dealkylation sites (N-methyl/N-ethyl adjacent to an activating group) is 1. The number of hydrogen-bond acceptors (Lipinski definition) is 5. The van der Waals surface area contributed by atoms with Crippen molar-refractivity contribution in [2.24, 2.45) is 7.05 Å². The number of aromatic nitrogens is 3. The lowest BCUT2D eigenvalue weighted by molar-refractivity contribution is -0.127. The number of aryl methyl sites for hydroxylation is 1. The van der Waals surface area contributed by atoms with E-state index in [4.69, 9.17) is 16.3 Å². The molecule has 0 unspecified atom stereocenters. The maximum absolute atomic E-state index is 12.4. The average molecular weight is 431 g/mol. The summed E-state index contributed by atoms with van der Waals surface area (Å²) in [5.41, 5.74) is 2.17. The third kappa shape index (κ3) is 5.74. The van der Waals surface area contributed by atoms with Crippen LogP contribution < -0.4 is 4.74 Å². The first-order valence-corrected chi connectivity index (χ1v) is 10.5. The molecule has 8 heteroatoms. The predicted octanol–water partition coefficient (Wildman–Crippen LogP) is 4.07. The summed E-state index contributed by atoms with van der Waals surface area (Å²) < 4.78 is 7.55. The molecule has 6 nitrogen and oxygen atoms in total. The molecule has 0 saturated heterocycles. The maximum atomic E-state index is 12.4. The van der Waals surface area contributed by atoms with Crippen LogP contribution in [0.4, 0.5) is 0 Å². The molecule has 0 saturated carbocycles. The quantitative estimate of drug-likeness (QED) is 0.504. The second-order valence-corrected chi connectivity index (χ2v) is 8.02. The Morgan fingerprint density at radius 1 is 1.21 bits per heavy atom. The van der Waals surface area contributed by atoms with Gasteiger partial charge in [0.05, 0.1) is 12.3 Å². The van der Waals surface area contributed by atoms with Crippen molar-refractivity contribution in [2.75, 3.05) is 26.0 Å². The largest absolute Gasteiger partial charge is 0.492 e. The molecule has 1 amide bonds. The van der Waals surface area contributed by atoms with Crippen molar-refractivity contribution >= 4 is 29.3 Å². The van der Waals surface area contributed by atoms with E-state index in [0.717, 1.165) is 22.7 Å². The molecule has 0 spiro atoms. The van der Waals surface area contributed by atoms with Gasteiger partial charge in [0.1, 0.15) is 12.4 Å². The summed E-state index contributed by atoms with van der Waals surface area (Å²) in [6, 6.07) is 15.3. The van der Waals surface area contributed by atoms with Crippen molar-refractivity contribution in [3.05, 3.63) is 59.1 Å². The number of ether oxygens (including phenoxy) is 1. The Balaban J connectivity index is 1.49. The van der Waals surface area contributed by atoms with E-state index in [1.807, 2.05) is 36.7 Å². The fraction of sp³-hybridized carbons (Fsp3) is 0.286. The molecule has 0 aliphatic rings. The van der Waals surface area contributed by atoms with Crippen LogP contribution in [-0.4, -0.2) is 51.5 Å². The molecule has 0 aliphatic carbocycles. The fourth-order valence-electron chi connectivity index (χ4n) is 2.67. The monoisotopic (exact) mass is 430 g/mol. The van der Waals surface area contributed by atoms with Gasteiger partial charge in [-0.1, -0.05) is 47.1 Å². The Hall–Kier alpha value is -2.51. The lowest BCUT2D eigenvalue weighted by atomic mass is 10.1. The number of rotatable bonds is 8. The molecule has 0 fully saturated rings. The Kier molecular flexibility index (Phi) is 7.17. The van der Waals surface area contributed by atoms with Crippen molar-refractivity contribution in [3.63, 3.8) is 0 Å². The van der Waals surface area contributed by atoms with Crippen LogP contribution in [0.5, 0.6) is 5.75 Å². The van der Waals surface area contributed by atoms with Crippen LogP contribution in [0.1, 0.15) is 5.56 Å². The van der Waals surface area contributed by atoms with E-state index in [9.17, 15) is 4.79 Å². The second-order valence-electron chi connectivity index (χ2n) is 6.64. The highest BCUT2D eigenvalue weighted by Gasteiger charge is 2.15. The number of benzene rings is 2. The van der Waals surface area contributed by atoms with Gasteiger partial charge in [-0.05, 0) is 37.3 Å². The molecule has 0 bridgehead atoms. The van der Waals surface area contributed by atoms with Crippen LogP contribution in [-0.2, 0) is 11.8 Å². The van der Waals surface area contributed by atoms with Crippen LogP contribution in [0.3, 0.4) is 0 Å². The average Bonchev–Trinajstić information content (AvgIpc) is 3.08. The minimum Gasteiger partial charge on any atom is -0.492 e. The molecule has 0 radical (unpaired) electrons. The number of thioether (sulfide) groups is 1. The molecule has 3 rings (SSSR count). The molecule has 0 N–H and O–H groups in total. The van der Waals surface area contributed by atoms with E-state index < -0.39 is 0 Å². The van der Waals surface area contributed by atoms with E-state index in [-0.39, 0.29) is 11.7 Å². The van der Waals surface area contributed by atoms with Gasteiger partial charge in [0.2, 0.25) is 5.91 Å². The van der Waals surface area contributed by atoms with Crippen LogP contribution in [0.2, 0.25) is 5.02 Å². The summed E-state index contributed by atoms with van der Waals surface area (Å²) in [5, 5.41) is 9.88. The Morgan fingerprint density at radius 2 is 1.97 bits per heavy atom. The molecule has 0 aliphatic heterocycles. The highest BCUT2D eigenvalue weighted by molar-refractivity contribution is 7.99. The predicted molar refractivity (Wildman–Crippen MR) is 116 cm³/mol. The third-order valence-electron chi connectivity index (χ3n) is 4.37. The highest BCUT2D eigenvalue weighted by Crippen LogP contribution is 2.23. The van der Waals surface area contributed by atoms with Crippen molar-refractivity contribution in [1.82, 2.24) is 19.7 Å². The van der Waals surface area contributed by atoms with Crippen molar-refractivity contribution < 1.29 is 9.53 Å². The Bertz CT molecular complexity index is 975. The Labute approximate surface area is 179 Å². The zero-order chi connectivity index (χ0) is 20.8. The molecular weight excluding hydrogens is 408 g/mol. The summed E-state index contributed by atoms with van der Waals surface area (Å²) in [5.74, 6) is 1.81. The summed E-state index contributed by atoms with van der Waals surface area (Å²) in [4.78, 5) is 14.1. The van der Waals surface area contributed by atoms with Gasteiger partial charge >= 0.3 is 0 Å². The molecule has 29 heavy (non-hydrogen) atoms. The molecule has 1 aromatic heterocycles. The van der Waals surface area contributed by atoms with E-state index in [0.29, 0.717) is 23.3 Å². The summed E-state index contributed by atoms with van der Waals surface area (Å²) >= 11 is 7.23. The molecule has 3 aromatic rings. The van der Waals surface area contributed by atoms with Gasteiger partial charge in [0, 0.05) is 24.7 Å². The molecule has 2 aromatic carbocycles. The zero-order valence-electron chi connectivity index (χ0n) is 16.6. The number of hydrogen-bond donors (Lipinski definition) is 0. The van der Waals surface area contributed by atoms with Crippen LogP contribution >= 0.6 is 23.4 Å². The number of amides is 1. The van der Waals surface area contributed by atoms with Gasteiger partial charge in [-0.15, -0.1) is 10.2 Å². The van der Waals surface area contributed by atoms with Crippen LogP contribution in [0.15, 0.2) is 53.7 Å². The summed E-state index contributed by atoms with van der Waals surface area (Å²) in [6.07, 6.45) is 0. The van der Waals surface area contributed by atoms with E-state index in [1.54, 1.807) is 36.2 Å². The van der Waals surface area contributed by atoms with E-state index in [1.165, 1.54) is 11.8 Å². The normalized spacial score (nSPS) is 10.8. The van der Waals surface area contributed by atoms with Gasteiger partial charge < -0.3 is 14.2 Å². The number of carbonyl (C=O) groups is 1. The first kappa shape index (κ1) is 21.2. The van der Waals surface area contributed by atoms with Gasteiger partial charge in [0.15, 0.2) is 11.0 Å². The van der Waals surface area contributed by atoms with Crippen LogP contribution in [0, 0.1) is 6.92 Å². The van der Waals surface area contributed by atoms with Crippen molar-refractivity contribution in [1.29, 1.82) is 0 Å². The van der Waals surface area contributed by atoms with E-state index >= 15 is 0 Å². The lowest BCUT2D eigenvalue weighted by Crippen LogP contribution is -2.32. The van der Waals surface area contributed by atoms with Crippen molar-refractivity contribution in [2.45, 2.75) is 12.1 Å². The highest BCUT2D eigenvalue weighted by atomic mass is 35.5. The van der Waals surface area contributed by atoms with Gasteiger partial charge in [-0.25, -0.2) is 0 Å². The van der Waals surface area contributed by atoms with Crippen LogP contribution in [0.25, 0.3) is 11.4 Å². The minimum absolute atomic E-state index is 0.00908. The van der Waals surface area contributed by atoms with Crippen molar-refractivity contribution in [3.8, 4) is 17.1 Å². The minimum atomic E-state index is 0.00908. The summed E-state index contributed by atoms with van der Waals surface area (Å²) in [6.45, 7) is 2.95. The first-order valence-electron chi connectivity index (χ1n) is 9.15. The van der Waals surface area contributed by atoms with Gasteiger partial charge in [0.25, 0.3) is 0 Å². The molecule has 152 valence electrons. The summed E-state index contributed by atoms with van der Waals surface area (Å²) in [7, 11) is 3.68. The molecule has 0 atom stereocenters. The molecular formula is C21H23ClN4O2S. The third-order valence-corrected chi connectivity index (χ3v) is 5.63. The smallest absolute Gasteiger partial charge is 0.232 e. The number of halogens is 1.